The minimum atomic E-state index is -4.06. The molecule has 1 atom stereocenters. The van der Waals surface area contributed by atoms with Crippen LogP contribution in [0.2, 0.25) is 0 Å². The average molecular weight is 288 g/mol. The minimum absolute atomic E-state index is 0.305. The summed E-state index contributed by atoms with van der Waals surface area (Å²) >= 11 is 0. The summed E-state index contributed by atoms with van der Waals surface area (Å²) in [7, 11) is -3.00. The van der Waals surface area contributed by atoms with Crippen molar-refractivity contribution in [1.82, 2.24) is 9.44 Å². The van der Waals surface area contributed by atoms with E-state index in [9.17, 15) is 18.3 Å². The van der Waals surface area contributed by atoms with E-state index in [4.69, 9.17) is 0 Å². The molecule has 0 spiro atoms. The third kappa shape index (κ3) is 5.69. The number of methoxy groups -OCH3 is 1. The average Bonchev–Trinajstić information content (AvgIpc) is 2.38. The summed E-state index contributed by atoms with van der Waals surface area (Å²) in [6, 6.07) is 8.34. The number of benzene rings is 1. The number of rotatable bonds is 6. The number of nitrogens with one attached hydrogen (secondary N) is 2. The number of carbonyl (C=O) groups is 1. The van der Waals surface area contributed by atoms with E-state index in [-0.39, 0.29) is 0 Å². The summed E-state index contributed by atoms with van der Waals surface area (Å²) in [6.07, 6.45) is -0.789. The Morgan fingerprint density at radius 3 is 2.53 bits per heavy atom. The molecule has 0 saturated carbocycles. The number of aliphatic hydroxyl groups is 1. The molecule has 0 heterocycles. The molecule has 0 radical (unpaired) electrons. The summed E-state index contributed by atoms with van der Waals surface area (Å²) in [5.41, 5.74) is 0.863. The molecule has 1 aromatic carbocycles. The van der Waals surface area contributed by atoms with Gasteiger partial charge in [0.1, 0.15) is 0 Å². The normalized spacial score (nSPS) is 12.7. The first-order valence-electron chi connectivity index (χ1n) is 5.49. The van der Waals surface area contributed by atoms with E-state index in [0.29, 0.717) is 6.42 Å². The van der Waals surface area contributed by atoms with Crippen LogP contribution in [0.1, 0.15) is 5.56 Å². The monoisotopic (exact) mass is 288 g/mol. The van der Waals surface area contributed by atoms with Gasteiger partial charge in [-0.25, -0.2) is 9.52 Å². The van der Waals surface area contributed by atoms with Gasteiger partial charge in [-0.2, -0.15) is 13.1 Å². The van der Waals surface area contributed by atoms with Crippen molar-refractivity contribution in [2.45, 2.75) is 12.5 Å². The second kappa shape index (κ2) is 7.07. The first-order valence-corrected chi connectivity index (χ1v) is 6.98. The highest BCUT2D eigenvalue weighted by Crippen LogP contribution is 2.03. The van der Waals surface area contributed by atoms with Gasteiger partial charge in [-0.3, -0.25) is 0 Å². The predicted octanol–water partition coefficient (Wildman–Crippen LogP) is -0.220. The fraction of sp³-hybridized carbons (Fsp3) is 0.364. The summed E-state index contributed by atoms with van der Waals surface area (Å²) in [6.45, 7) is -0.392. The van der Waals surface area contributed by atoms with E-state index in [0.717, 1.165) is 12.7 Å². The molecule has 0 bridgehead atoms. The molecule has 0 aliphatic heterocycles. The maximum absolute atomic E-state index is 11.5. The molecule has 1 rings (SSSR count). The van der Waals surface area contributed by atoms with Gasteiger partial charge in [0.15, 0.2) is 0 Å². The Kier molecular flexibility index (Phi) is 5.74. The van der Waals surface area contributed by atoms with Crippen LogP contribution >= 0.6 is 0 Å². The zero-order valence-corrected chi connectivity index (χ0v) is 11.2. The van der Waals surface area contributed by atoms with Gasteiger partial charge in [-0.1, -0.05) is 30.3 Å². The quantitative estimate of drug-likeness (QED) is 0.671. The minimum Gasteiger partial charge on any atom is -0.452 e. The van der Waals surface area contributed by atoms with Crippen LogP contribution in [0.3, 0.4) is 0 Å². The standard InChI is InChI=1S/C11H16N2O5S/c1-18-11(15)13-19(16,17)12-10(8-14)7-9-5-3-2-4-6-9/h2-6,10,12,14H,7-8H2,1H3,(H,13,15)/t10-/m1/s1. The van der Waals surface area contributed by atoms with E-state index < -0.39 is 29.0 Å². The molecule has 0 unspecified atom stereocenters. The second-order valence-electron chi connectivity index (χ2n) is 3.78. The Bertz CT molecular complexity index is 503. The van der Waals surface area contributed by atoms with Crippen molar-refractivity contribution in [3.05, 3.63) is 35.9 Å². The highest BCUT2D eigenvalue weighted by molar-refractivity contribution is 7.88. The summed E-state index contributed by atoms with van der Waals surface area (Å²) < 4.78 is 31.1. The Labute approximate surface area is 111 Å². The zero-order valence-electron chi connectivity index (χ0n) is 10.4. The van der Waals surface area contributed by atoms with Crippen LogP contribution in [0, 0.1) is 0 Å². The number of aliphatic hydroxyl groups excluding tert-OH is 1. The van der Waals surface area contributed by atoms with E-state index in [1.165, 1.54) is 0 Å². The van der Waals surface area contributed by atoms with Gasteiger partial charge in [0.05, 0.1) is 19.8 Å². The molecule has 0 aliphatic rings. The van der Waals surface area contributed by atoms with Crippen LogP contribution in [0.25, 0.3) is 0 Å². The molecule has 7 nitrogen and oxygen atoms in total. The third-order valence-corrected chi connectivity index (χ3v) is 3.35. The topological polar surface area (TPSA) is 105 Å². The Hall–Kier alpha value is -1.64. The van der Waals surface area contributed by atoms with Crippen molar-refractivity contribution in [2.24, 2.45) is 0 Å². The molecule has 106 valence electrons. The van der Waals surface area contributed by atoms with Crippen molar-refractivity contribution in [3.8, 4) is 0 Å². The molecular weight excluding hydrogens is 272 g/mol. The SMILES string of the molecule is COC(=O)NS(=O)(=O)N[C@@H](CO)Cc1ccccc1. The van der Waals surface area contributed by atoms with Crippen LogP contribution in [0.5, 0.6) is 0 Å². The molecule has 1 aromatic rings. The Morgan fingerprint density at radius 2 is 2.00 bits per heavy atom. The van der Waals surface area contributed by atoms with Crippen molar-refractivity contribution in [1.29, 1.82) is 0 Å². The van der Waals surface area contributed by atoms with Crippen LogP contribution in [-0.2, 0) is 21.4 Å². The number of carbonyl (C=O) groups excluding carboxylic acids is 1. The van der Waals surface area contributed by atoms with Gasteiger partial charge < -0.3 is 9.84 Å². The van der Waals surface area contributed by atoms with Crippen molar-refractivity contribution in [3.63, 3.8) is 0 Å². The van der Waals surface area contributed by atoms with Crippen LogP contribution in [0.4, 0.5) is 4.79 Å². The van der Waals surface area contributed by atoms with Gasteiger partial charge in [0.25, 0.3) is 0 Å². The smallest absolute Gasteiger partial charge is 0.421 e. The third-order valence-electron chi connectivity index (χ3n) is 2.27. The van der Waals surface area contributed by atoms with Crippen LogP contribution in [0.15, 0.2) is 30.3 Å². The molecule has 0 saturated heterocycles. The first-order chi connectivity index (χ1) is 8.96. The van der Waals surface area contributed by atoms with Gasteiger partial charge >= 0.3 is 16.3 Å². The van der Waals surface area contributed by atoms with Gasteiger partial charge in [0.2, 0.25) is 0 Å². The number of hydrogen-bond donors (Lipinski definition) is 3. The van der Waals surface area contributed by atoms with E-state index >= 15 is 0 Å². The van der Waals surface area contributed by atoms with E-state index in [2.05, 4.69) is 9.46 Å². The lowest BCUT2D eigenvalue weighted by Crippen LogP contribution is -2.47. The van der Waals surface area contributed by atoms with E-state index in [1.54, 1.807) is 4.72 Å². The maximum atomic E-state index is 11.5. The fourth-order valence-electron chi connectivity index (χ4n) is 1.44. The van der Waals surface area contributed by atoms with Crippen LogP contribution < -0.4 is 9.44 Å². The lowest BCUT2D eigenvalue weighted by atomic mass is 10.1. The Balaban J connectivity index is 2.64. The predicted molar refractivity (Wildman–Crippen MR) is 68.6 cm³/mol. The van der Waals surface area contributed by atoms with Crippen molar-refractivity contribution >= 4 is 16.3 Å². The number of hydrogen-bond acceptors (Lipinski definition) is 5. The highest BCUT2D eigenvalue weighted by Gasteiger charge is 2.20. The molecule has 0 aliphatic carbocycles. The first kappa shape index (κ1) is 15.4. The molecular formula is C11H16N2O5S. The molecule has 3 N–H and O–H groups in total. The maximum Gasteiger partial charge on any atom is 0.421 e. The molecule has 0 fully saturated rings. The summed E-state index contributed by atoms with van der Waals surface area (Å²) in [5.74, 6) is 0. The second-order valence-corrected chi connectivity index (χ2v) is 5.23. The van der Waals surface area contributed by atoms with Gasteiger partial charge in [-0.05, 0) is 12.0 Å². The molecule has 19 heavy (non-hydrogen) atoms. The largest absolute Gasteiger partial charge is 0.452 e. The Morgan fingerprint density at radius 1 is 1.37 bits per heavy atom. The highest BCUT2D eigenvalue weighted by atomic mass is 32.2. The van der Waals surface area contributed by atoms with Crippen molar-refractivity contribution in [2.75, 3.05) is 13.7 Å². The summed E-state index contributed by atoms with van der Waals surface area (Å²) in [4.78, 5) is 10.8. The summed E-state index contributed by atoms with van der Waals surface area (Å²) in [5, 5.41) is 9.17. The molecule has 0 aromatic heterocycles. The lowest BCUT2D eigenvalue weighted by Gasteiger charge is -2.16. The molecule has 1 amide bonds. The molecule has 8 heteroatoms. The van der Waals surface area contributed by atoms with Crippen LogP contribution in [-0.4, -0.2) is 39.4 Å². The van der Waals surface area contributed by atoms with Crippen molar-refractivity contribution < 1.29 is 23.1 Å². The van der Waals surface area contributed by atoms with Gasteiger partial charge in [0, 0.05) is 0 Å². The van der Waals surface area contributed by atoms with E-state index in [1.807, 2.05) is 30.3 Å². The lowest BCUT2D eigenvalue weighted by molar-refractivity contribution is 0.177. The number of ether oxygens (including phenoxy) is 1. The zero-order chi connectivity index (χ0) is 14.3. The number of amides is 1. The fourth-order valence-corrected chi connectivity index (χ4v) is 2.40. The van der Waals surface area contributed by atoms with Gasteiger partial charge in [-0.15, -0.1) is 0 Å².